The largest absolute Gasteiger partial charge is 0.322 e. The number of nitrogens with one attached hydrogen (secondary N) is 2. The van der Waals surface area contributed by atoms with Gasteiger partial charge in [-0.2, -0.15) is 0 Å². The molecule has 0 atom stereocenters. The van der Waals surface area contributed by atoms with Crippen molar-refractivity contribution in [1.82, 2.24) is 9.55 Å². The van der Waals surface area contributed by atoms with Crippen molar-refractivity contribution in [1.29, 1.82) is 0 Å². The van der Waals surface area contributed by atoms with Crippen LogP contribution >= 0.6 is 0 Å². The molecule has 0 fully saturated rings. The maximum Gasteiger partial charge on any atom is 0.316 e. The van der Waals surface area contributed by atoms with E-state index in [4.69, 9.17) is 0 Å². The molecule has 0 aliphatic carbocycles. The van der Waals surface area contributed by atoms with E-state index >= 15 is 0 Å². The van der Waals surface area contributed by atoms with Gasteiger partial charge in [0, 0.05) is 17.8 Å². The number of H-pyrrole nitrogens is 1. The van der Waals surface area contributed by atoms with E-state index in [1.54, 1.807) is 25.1 Å². The highest BCUT2D eigenvalue weighted by atomic mass is 16.2. The van der Waals surface area contributed by atoms with Gasteiger partial charge in [-0.3, -0.25) is 14.4 Å². The molecule has 0 spiro atoms. The lowest BCUT2D eigenvalue weighted by atomic mass is 10.0. The van der Waals surface area contributed by atoms with E-state index in [1.165, 1.54) is 10.1 Å². The minimum Gasteiger partial charge on any atom is -0.322 e. The lowest BCUT2D eigenvalue weighted by Gasteiger charge is -2.10. The topological polar surface area (TPSA) is 84.0 Å². The Kier molecular flexibility index (Phi) is 4.75. The molecule has 0 radical (unpaired) electrons. The number of carbonyl (C=O) groups excluding carboxylic acids is 1. The lowest BCUT2D eigenvalue weighted by molar-refractivity contribution is 0.102. The molecule has 0 unspecified atom stereocenters. The van der Waals surface area contributed by atoms with Crippen LogP contribution in [0.25, 0.3) is 11.0 Å². The molecule has 26 heavy (non-hydrogen) atoms. The third kappa shape index (κ3) is 3.31. The second-order valence-electron chi connectivity index (χ2n) is 6.47. The van der Waals surface area contributed by atoms with Gasteiger partial charge < -0.3 is 14.9 Å². The molecule has 3 rings (SSSR count). The van der Waals surface area contributed by atoms with Crippen molar-refractivity contribution in [2.75, 3.05) is 5.32 Å². The standard InChI is InChI=1S/C20H21N3O3/c1-4-23-17-10-7-14(11-16(17)22-19(25)20(23)26)18(24)21-15-8-5-13(6-9-15)12(2)3/h5-12H,4H2,1-3H3,(H,21,24)(H,22,25). The first kappa shape index (κ1) is 17.7. The Morgan fingerprint density at radius 3 is 2.42 bits per heavy atom. The molecular weight excluding hydrogens is 330 g/mol. The minimum atomic E-state index is -0.693. The molecule has 134 valence electrons. The number of hydrogen-bond acceptors (Lipinski definition) is 3. The number of rotatable bonds is 4. The second-order valence-corrected chi connectivity index (χ2v) is 6.47. The Bertz CT molecular complexity index is 1080. The Morgan fingerprint density at radius 1 is 1.12 bits per heavy atom. The van der Waals surface area contributed by atoms with Crippen LogP contribution in [-0.4, -0.2) is 15.5 Å². The van der Waals surface area contributed by atoms with Crippen LogP contribution in [0.2, 0.25) is 0 Å². The van der Waals surface area contributed by atoms with Crippen molar-refractivity contribution in [2.24, 2.45) is 0 Å². The van der Waals surface area contributed by atoms with E-state index in [2.05, 4.69) is 24.1 Å². The number of aromatic nitrogens is 2. The van der Waals surface area contributed by atoms with Gasteiger partial charge in [-0.25, -0.2) is 0 Å². The average Bonchev–Trinajstić information content (AvgIpc) is 2.63. The van der Waals surface area contributed by atoms with Crippen molar-refractivity contribution in [3.8, 4) is 0 Å². The summed E-state index contributed by atoms with van der Waals surface area (Å²) in [6.45, 7) is 6.40. The van der Waals surface area contributed by atoms with Gasteiger partial charge in [0.15, 0.2) is 0 Å². The zero-order valence-electron chi connectivity index (χ0n) is 15.0. The van der Waals surface area contributed by atoms with Crippen LogP contribution < -0.4 is 16.4 Å². The van der Waals surface area contributed by atoms with Crippen molar-refractivity contribution in [2.45, 2.75) is 33.2 Å². The molecule has 0 aliphatic heterocycles. The molecule has 0 bridgehead atoms. The third-order valence-corrected chi connectivity index (χ3v) is 4.39. The van der Waals surface area contributed by atoms with E-state index in [1.807, 2.05) is 24.3 Å². The number of nitrogens with zero attached hydrogens (tertiary/aromatic N) is 1. The van der Waals surface area contributed by atoms with Gasteiger partial charge in [0.2, 0.25) is 0 Å². The quantitative estimate of drug-likeness (QED) is 0.709. The fraction of sp³-hybridized carbons (Fsp3) is 0.250. The number of amides is 1. The Hall–Kier alpha value is -3.15. The number of aromatic amines is 1. The molecule has 1 amide bonds. The summed E-state index contributed by atoms with van der Waals surface area (Å²) in [4.78, 5) is 38.7. The van der Waals surface area contributed by atoms with Crippen molar-refractivity contribution in [3.63, 3.8) is 0 Å². The Balaban J connectivity index is 1.92. The number of carbonyl (C=O) groups is 1. The summed E-state index contributed by atoms with van der Waals surface area (Å²) in [6, 6.07) is 12.6. The molecule has 0 saturated heterocycles. The van der Waals surface area contributed by atoms with Crippen LogP contribution in [-0.2, 0) is 6.54 Å². The summed E-state index contributed by atoms with van der Waals surface area (Å²) < 4.78 is 1.39. The van der Waals surface area contributed by atoms with Crippen LogP contribution in [0, 0.1) is 0 Å². The molecule has 0 saturated carbocycles. The zero-order chi connectivity index (χ0) is 18.8. The second kappa shape index (κ2) is 7.00. The molecule has 2 N–H and O–H groups in total. The van der Waals surface area contributed by atoms with Gasteiger partial charge >= 0.3 is 11.1 Å². The molecule has 6 nitrogen and oxygen atoms in total. The van der Waals surface area contributed by atoms with Crippen LogP contribution in [0.3, 0.4) is 0 Å². The first-order valence-corrected chi connectivity index (χ1v) is 8.59. The SMILES string of the molecule is CCn1c(=O)c(=O)[nH]c2cc(C(=O)Nc3ccc(C(C)C)cc3)ccc21. The van der Waals surface area contributed by atoms with Gasteiger partial charge in [0.1, 0.15) is 0 Å². The van der Waals surface area contributed by atoms with E-state index in [0.717, 1.165) is 0 Å². The van der Waals surface area contributed by atoms with Crippen LogP contribution in [0.4, 0.5) is 5.69 Å². The fourth-order valence-electron chi connectivity index (χ4n) is 2.89. The number of aryl methyl sites for hydroxylation is 1. The van der Waals surface area contributed by atoms with Gasteiger partial charge in [-0.15, -0.1) is 0 Å². The molecule has 1 aromatic heterocycles. The smallest absolute Gasteiger partial charge is 0.316 e. The number of hydrogen-bond donors (Lipinski definition) is 2. The molecular formula is C20H21N3O3. The first-order chi connectivity index (χ1) is 12.4. The van der Waals surface area contributed by atoms with Crippen molar-refractivity contribution in [3.05, 3.63) is 74.3 Å². The third-order valence-electron chi connectivity index (χ3n) is 4.39. The highest BCUT2D eigenvalue weighted by Crippen LogP contribution is 2.18. The fourth-order valence-corrected chi connectivity index (χ4v) is 2.89. The summed E-state index contributed by atoms with van der Waals surface area (Å²) in [5, 5.41) is 2.84. The highest BCUT2D eigenvalue weighted by Gasteiger charge is 2.11. The summed E-state index contributed by atoms with van der Waals surface area (Å²) in [7, 11) is 0. The predicted molar refractivity (Wildman–Crippen MR) is 103 cm³/mol. The molecule has 3 aromatic rings. The molecule has 1 heterocycles. The van der Waals surface area contributed by atoms with Crippen molar-refractivity contribution < 1.29 is 4.79 Å². The lowest BCUT2D eigenvalue weighted by Crippen LogP contribution is -2.36. The summed E-state index contributed by atoms with van der Waals surface area (Å²) in [5.74, 6) is 0.146. The van der Waals surface area contributed by atoms with Gasteiger partial charge in [-0.05, 0) is 48.7 Å². The summed E-state index contributed by atoms with van der Waals surface area (Å²) in [6.07, 6.45) is 0. The summed E-state index contributed by atoms with van der Waals surface area (Å²) in [5.41, 5.74) is 2.07. The van der Waals surface area contributed by atoms with Gasteiger partial charge in [0.25, 0.3) is 5.91 Å². The van der Waals surface area contributed by atoms with E-state index < -0.39 is 11.1 Å². The van der Waals surface area contributed by atoms with E-state index in [-0.39, 0.29) is 5.91 Å². The molecule has 0 aliphatic rings. The zero-order valence-corrected chi connectivity index (χ0v) is 15.0. The Labute approximate surface area is 150 Å². The van der Waals surface area contributed by atoms with Gasteiger partial charge in [-0.1, -0.05) is 26.0 Å². The van der Waals surface area contributed by atoms with Crippen LogP contribution in [0.15, 0.2) is 52.1 Å². The average molecular weight is 351 g/mol. The normalized spacial score (nSPS) is 11.1. The predicted octanol–water partition coefficient (Wildman–Crippen LogP) is 3.09. The molecule has 2 aromatic carbocycles. The van der Waals surface area contributed by atoms with E-state index in [0.29, 0.717) is 34.7 Å². The maximum absolute atomic E-state index is 12.5. The highest BCUT2D eigenvalue weighted by molar-refractivity contribution is 6.05. The maximum atomic E-state index is 12.5. The monoisotopic (exact) mass is 351 g/mol. The van der Waals surface area contributed by atoms with Gasteiger partial charge in [0.05, 0.1) is 11.0 Å². The van der Waals surface area contributed by atoms with E-state index in [9.17, 15) is 14.4 Å². The van der Waals surface area contributed by atoms with Crippen LogP contribution in [0.1, 0.15) is 42.6 Å². The minimum absolute atomic E-state index is 0.278. The number of anilines is 1. The van der Waals surface area contributed by atoms with Crippen molar-refractivity contribution >= 4 is 22.6 Å². The number of fused-ring (bicyclic) bond motifs is 1. The van der Waals surface area contributed by atoms with Crippen LogP contribution in [0.5, 0.6) is 0 Å². The molecule has 6 heteroatoms. The summed E-state index contributed by atoms with van der Waals surface area (Å²) >= 11 is 0. The Morgan fingerprint density at radius 2 is 1.81 bits per heavy atom. The number of benzene rings is 2. The first-order valence-electron chi connectivity index (χ1n) is 8.59.